The summed E-state index contributed by atoms with van der Waals surface area (Å²) >= 11 is 12.3. The Labute approximate surface area is 163 Å². The first-order chi connectivity index (χ1) is 12.8. The van der Waals surface area contributed by atoms with Gasteiger partial charge in [-0.1, -0.05) is 35.3 Å². The van der Waals surface area contributed by atoms with Crippen molar-refractivity contribution >= 4 is 46.7 Å². The van der Waals surface area contributed by atoms with Crippen molar-refractivity contribution in [2.75, 3.05) is 5.32 Å². The van der Waals surface area contributed by atoms with E-state index in [1.165, 1.54) is 30.3 Å². The van der Waals surface area contributed by atoms with E-state index >= 15 is 0 Å². The first-order valence-electron chi connectivity index (χ1n) is 7.89. The zero-order valence-corrected chi connectivity index (χ0v) is 15.2. The maximum atomic E-state index is 12.7. The van der Waals surface area contributed by atoms with E-state index in [9.17, 15) is 24.6 Å². The summed E-state index contributed by atoms with van der Waals surface area (Å²) in [5.74, 6) is -2.97. The van der Waals surface area contributed by atoms with Crippen LogP contribution in [0, 0.1) is 0 Å². The maximum Gasteiger partial charge on any atom is 0.336 e. The van der Waals surface area contributed by atoms with Crippen molar-refractivity contribution in [2.24, 2.45) is 0 Å². The molecule has 0 aliphatic carbocycles. The topological polar surface area (TPSA) is 116 Å². The summed E-state index contributed by atoms with van der Waals surface area (Å²) in [5.41, 5.74) is 0.728. The quantitative estimate of drug-likeness (QED) is 0.615. The molecule has 2 unspecified atom stereocenters. The van der Waals surface area contributed by atoms with Gasteiger partial charge in [0.1, 0.15) is 6.04 Å². The smallest absolute Gasteiger partial charge is 0.336 e. The first-order valence-corrected chi connectivity index (χ1v) is 8.65. The van der Waals surface area contributed by atoms with Crippen LogP contribution in [0.5, 0.6) is 0 Å². The minimum absolute atomic E-state index is 0.0259. The Morgan fingerprint density at radius 3 is 2.37 bits per heavy atom. The number of rotatable bonds is 4. The fourth-order valence-electron chi connectivity index (χ4n) is 3.06. The van der Waals surface area contributed by atoms with Crippen LogP contribution >= 0.6 is 23.2 Å². The van der Waals surface area contributed by atoms with Crippen LogP contribution in [0.4, 0.5) is 5.69 Å². The Morgan fingerprint density at radius 2 is 1.74 bits per heavy atom. The number of carboxylic acids is 2. The Hall–Kier alpha value is -2.77. The van der Waals surface area contributed by atoms with Gasteiger partial charge in [-0.15, -0.1) is 0 Å². The molecule has 0 fully saturated rings. The number of hydrogen-bond acceptors (Lipinski definition) is 4. The second-order valence-electron chi connectivity index (χ2n) is 6.00. The molecule has 9 heteroatoms. The summed E-state index contributed by atoms with van der Waals surface area (Å²) < 4.78 is 0. The molecule has 4 N–H and O–H groups in total. The van der Waals surface area contributed by atoms with Gasteiger partial charge in [0.2, 0.25) is 0 Å². The number of aliphatic carboxylic acids is 1. The van der Waals surface area contributed by atoms with Crippen LogP contribution in [0.3, 0.4) is 0 Å². The lowest BCUT2D eigenvalue weighted by atomic mass is 9.92. The van der Waals surface area contributed by atoms with Crippen molar-refractivity contribution in [3.63, 3.8) is 0 Å². The van der Waals surface area contributed by atoms with E-state index in [4.69, 9.17) is 23.2 Å². The molecule has 1 amide bonds. The average Bonchev–Trinajstić information content (AvgIpc) is 2.60. The minimum Gasteiger partial charge on any atom is -0.480 e. The fourth-order valence-corrected chi connectivity index (χ4v) is 3.68. The van der Waals surface area contributed by atoms with Gasteiger partial charge in [-0.05, 0) is 24.3 Å². The predicted molar refractivity (Wildman–Crippen MR) is 99.7 cm³/mol. The van der Waals surface area contributed by atoms with E-state index < -0.39 is 29.9 Å². The van der Waals surface area contributed by atoms with E-state index in [0.717, 1.165) is 0 Å². The van der Waals surface area contributed by atoms with Gasteiger partial charge < -0.3 is 20.8 Å². The SMILES string of the molecule is O=C(O)c1ccccc1C(=O)NC1CC(C(=O)O)Nc2cc(Cl)cc(Cl)c21. The van der Waals surface area contributed by atoms with Gasteiger partial charge in [0.15, 0.2) is 0 Å². The van der Waals surface area contributed by atoms with Crippen molar-refractivity contribution in [1.29, 1.82) is 0 Å². The number of aromatic carboxylic acids is 1. The van der Waals surface area contributed by atoms with Crippen LogP contribution in [0.15, 0.2) is 36.4 Å². The summed E-state index contributed by atoms with van der Waals surface area (Å²) in [6.45, 7) is 0. The number of benzene rings is 2. The van der Waals surface area contributed by atoms with E-state index in [0.29, 0.717) is 16.3 Å². The van der Waals surface area contributed by atoms with Gasteiger partial charge >= 0.3 is 11.9 Å². The average molecular weight is 409 g/mol. The fraction of sp³-hybridized carbons (Fsp3) is 0.167. The third-order valence-electron chi connectivity index (χ3n) is 4.25. The normalized spacial score (nSPS) is 18.1. The molecule has 1 aliphatic heterocycles. The van der Waals surface area contributed by atoms with Crippen LogP contribution in [0.1, 0.15) is 38.7 Å². The molecule has 0 saturated carbocycles. The molecule has 1 heterocycles. The Kier molecular flexibility index (Phi) is 5.25. The number of nitrogens with one attached hydrogen (secondary N) is 2. The number of carbonyl (C=O) groups excluding carboxylic acids is 1. The van der Waals surface area contributed by atoms with Crippen molar-refractivity contribution in [3.8, 4) is 0 Å². The number of anilines is 1. The van der Waals surface area contributed by atoms with Gasteiger partial charge in [0.05, 0.1) is 17.2 Å². The minimum atomic E-state index is -1.24. The van der Waals surface area contributed by atoms with E-state index in [-0.39, 0.29) is 22.6 Å². The molecule has 7 nitrogen and oxygen atoms in total. The van der Waals surface area contributed by atoms with E-state index in [1.54, 1.807) is 6.07 Å². The molecule has 140 valence electrons. The summed E-state index contributed by atoms with van der Waals surface area (Å²) in [6, 6.07) is 7.09. The number of carboxylic acid groups (broad SMARTS) is 2. The molecule has 1 aliphatic rings. The second kappa shape index (κ2) is 7.46. The van der Waals surface area contributed by atoms with Gasteiger partial charge in [-0.25, -0.2) is 9.59 Å². The predicted octanol–water partition coefficient (Wildman–Crippen LogP) is 3.43. The van der Waals surface area contributed by atoms with Crippen LogP contribution in [0.25, 0.3) is 0 Å². The lowest BCUT2D eigenvalue weighted by Crippen LogP contribution is -2.41. The number of hydrogen-bond donors (Lipinski definition) is 4. The van der Waals surface area contributed by atoms with Gasteiger partial charge in [-0.3, -0.25) is 4.79 Å². The van der Waals surface area contributed by atoms with Gasteiger partial charge in [0, 0.05) is 27.7 Å². The molecule has 3 rings (SSSR count). The van der Waals surface area contributed by atoms with Crippen molar-refractivity contribution in [1.82, 2.24) is 5.32 Å². The summed E-state index contributed by atoms with van der Waals surface area (Å²) in [7, 11) is 0. The molecular weight excluding hydrogens is 395 g/mol. The molecule has 0 bridgehead atoms. The van der Waals surface area contributed by atoms with Crippen molar-refractivity contribution in [3.05, 3.63) is 63.1 Å². The Bertz CT molecular complexity index is 947. The van der Waals surface area contributed by atoms with Crippen molar-refractivity contribution < 1.29 is 24.6 Å². The number of fused-ring (bicyclic) bond motifs is 1. The zero-order valence-electron chi connectivity index (χ0n) is 13.7. The van der Waals surface area contributed by atoms with Crippen molar-refractivity contribution in [2.45, 2.75) is 18.5 Å². The van der Waals surface area contributed by atoms with Crippen LogP contribution in [-0.4, -0.2) is 34.1 Å². The van der Waals surface area contributed by atoms with Crippen LogP contribution in [-0.2, 0) is 4.79 Å². The number of carbonyl (C=O) groups is 3. The lowest BCUT2D eigenvalue weighted by Gasteiger charge is -2.32. The third kappa shape index (κ3) is 3.84. The molecule has 2 aromatic rings. The van der Waals surface area contributed by atoms with E-state index in [2.05, 4.69) is 10.6 Å². The highest BCUT2D eigenvalue weighted by Crippen LogP contribution is 2.40. The van der Waals surface area contributed by atoms with Crippen LogP contribution in [0.2, 0.25) is 10.0 Å². The maximum absolute atomic E-state index is 12.7. The highest BCUT2D eigenvalue weighted by Gasteiger charge is 2.34. The summed E-state index contributed by atoms with van der Waals surface area (Å²) in [6.07, 6.45) is 0.0324. The molecule has 2 atom stereocenters. The van der Waals surface area contributed by atoms with E-state index in [1.807, 2.05) is 0 Å². The Morgan fingerprint density at radius 1 is 1.07 bits per heavy atom. The molecule has 0 aromatic heterocycles. The van der Waals surface area contributed by atoms with Crippen LogP contribution < -0.4 is 10.6 Å². The monoisotopic (exact) mass is 408 g/mol. The van der Waals surface area contributed by atoms with Gasteiger partial charge in [0.25, 0.3) is 5.91 Å². The van der Waals surface area contributed by atoms with Gasteiger partial charge in [-0.2, -0.15) is 0 Å². The highest BCUT2D eigenvalue weighted by atomic mass is 35.5. The highest BCUT2D eigenvalue weighted by molar-refractivity contribution is 6.35. The largest absolute Gasteiger partial charge is 0.480 e. The zero-order chi connectivity index (χ0) is 19.7. The number of halogens is 2. The Balaban J connectivity index is 1.98. The molecule has 0 saturated heterocycles. The molecule has 0 spiro atoms. The molecular formula is C18H14Cl2N2O5. The number of amides is 1. The third-order valence-corrected chi connectivity index (χ3v) is 4.78. The summed E-state index contributed by atoms with van der Waals surface area (Å²) in [5, 5.41) is 24.8. The molecule has 2 aromatic carbocycles. The molecule has 27 heavy (non-hydrogen) atoms. The lowest BCUT2D eigenvalue weighted by molar-refractivity contribution is -0.138. The first kappa shape index (κ1) is 19.0. The standard InChI is InChI=1S/C18H14Cl2N2O5/c19-8-5-11(20)15-12(6-8)21-14(18(26)27)7-13(15)22-16(23)9-3-1-2-4-10(9)17(24)25/h1-6,13-14,21H,7H2,(H,22,23)(H,24,25)(H,26,27). The molecule has 0 radical (unpaired) electrons. The summed E-state index contributed by atoms with van der Waals surface area (Å²) in [4.78, 5) is 35.5. The second-order valence-corrected chi connectivity index (χ2v) is 6.84.